The molecule has 0 radical (unpaired) electrons. The van der Waals surface area contributed by atoms with Gasteiger partial charge in [-0.2, -0.15) is 5.26 Å². The molecule has 2 rings (SSSR count). The van der Waals surface area contributed by atoms with Gasteiger partial charge in [0.2, 0.25) is 0 Å². The molecular weight excluding hydrogens is 311 g/mol. The number of rotatable bonds is 3. The van der Waals surface area contributed by atoms with Crippen molar-refractivity contribution < 1.29 is 9.31 Å². The first-order valence-corrected chi connectivity index (χ1v) is 7.15. The fourth-order valence-corrected chi connectivity index (χ4v) is 2.37. The third kappa shape index (κ3) is 2.56. The Bertz CT molecular complexity index is 873. The number of nitriles is 1. The predicted octanol–water partition coefficient (Wildman–Crippen LogP) is 2.39. The first-order chi connectivity index (χ1) is 10.4. The highest BCUT2D eigenvalue weighted by Gasteiger charge is 2.23. The lowest BCUT2D eigenvalue weighted by Crippen LogP contribution is -2.15. The second-order valence-corrected chi connectivity index (χ2v) is 5.03. The van der Waals surface area contributed by atoms with Gasteiger partial charge in [0, 0.05) is 17.2 Å². The second-order valence-electron chi connectivity index (χ2n) is 4.23. The van der Waals surface area contributed by atoms with Crippen LogP contribution in [0.1, 0.15) is 11.1 Å². The van der Waals surface area contributed by atoms with Crippen LogP contribution in [0.25, 0.3) is 11.3 Å². The van der Waals surface area contributed by atoms with E-state index in [1.165, 1.54) is 6.92 Å². The number of nitrogens with one attached hydrogen (secondary N) is 1. The van der Waals surface area contributed by atoms with Crippen LogP contribution in [0.3, 0.4) is 0 Å². The van der Waals surface area contributed by atoms with E-state index >= 15 is 0 Å². The van der Waals surface area contributed by atoms with Crippen molar-refractivity contribution in [3.63, 3.8) is 0 Å². The third-order valence-electron chi connectivity index (χ3n) is 3.02. The van der Waals surface area contributed by atoms with Crippen LogP contribution in [0.2, 0.25) is 0 Å². The molecule has 0 saturated carbocycles. The van der Waals surface area contributed by atoms with E-state index in [0.717, 1.165) is 23.9 Å². The maximum absolute atomic E-state index is 14.2. The fourth-order valence-electron chi connectivity index (χ4n) is 1.99. The number of halogens is 1. The molecule has 0 saturated heterocycles. The highest BCUT2D eigenvalue weighted by molar-refractivity contribution is 7.98. The summed E-state index contributed by atoms with van der Waals surface area (Å²) in [6.45, 7) is 1.35. The van der Waals surface area contributed by atoms with Gasteiger partial charge in [-0.15, -0.1) is 0 Å². The van der Waals surface area contributed by atoms with Gasteiger partial charge in [0.1, 0.15) is 23.1 Å². The summed E-state index contributed by atoms with van der Waals surface area (Å²) in [7, 11) is 0. The molecule has 0 amide bonds. The van der Waals surface area contributed by atoms with Gasteiger partial charge in [0.15, 0.2) is 5.16 Å². The highest BCUT2D eigenvalue weighted by atomic mass is 32.2. The van der Waals surface area contributed by atoms with Crippen LogP contribution < -0.4 is 5.56 Å². The van der Waals surface area contributed by atoms with Gasteiger partial charge in [0.25, 0.3) is 11.2 Å². The minimum atomic E-state index is -0.787. The number of aromatic nitrogens is 2. The Morgan fingerprint density at radius 3 is 2.73 bits per heavy atom. The molecule has 0 bridgehead atoms. The van der Waals surface area contributed by atoms with Crippen LogP contribution in [0.4, 0.5) is 10.1 Å². The molecule has 9 heteroatoms. The number of nitro groups is 1. The van der Waals surface area contributed by atoms with Crippen LogP contribution >= 0.6 is 11.8 Å². The number of hydrogen-bond donors (Lipinski definition) is 1. The Hall–Kier alpha value is -2.73. The lowest BCUT2D eigenvalue weighted by molar-refractivity contribution is -0.385. The minimum Gasteiger partial charge on any atom is -0.300 e. The quantitative estimate of drug-likeness (QED) is 0.402. The predicted molar refractivity (Wildman–Crippen MR) is 78.1 cm³/mol. The molecule has 112 valence electrons. The van der Waals surface area contributed by atoms with Crippen LogP contribution in [-0.4, -0.2) is 21.1 Å². The van der Waals surface area contributed by atoms with Crippen molar-refractivity contribution >= 4 is 17.4 Å². The van der Waals surface area contributed by atoms with Crippen LogP contribution in [0, 0.1) is 34.2 Å². The van der Waals surface area contributed by atoms with Gasteiger partial charge in [-0.25, -0.2) is 9.37 Å². The molecule has 0 spiro atoms. The maximum atomic E-state index is 14.2. The van der Waals surface area contributed by atoms with Crippen molar-refractivity contribution in [2.75, 3.05) is 6.26 Å². The molecule has 0 fully saturated rings. The average Bonchev–Trinajstić information content (AvgIpc) is 2.46. The topological polar surface area (TPSA) is 113 Å². The number of thioether (sulfide) groups is 1. The van der Waals surface area contributed by atoms with Crippen LogP contribution in [0.15, 0.2) is 22.1 Å². The molecule has 22 heavy (non-hydrogen) atoms. The van der Waals surface area contributed by atoms with E-state index < -0.39 is 16.3 Å². The summed E-state index contributed by atoms with van der Waals surface area (Å²) in [6.07, 6.45) is 1.64. The Morgan fingerprint density at radius 2 is 2.18 bits per heavy atom. The summed E-state index contributed by atoms with van der Waals surface area (Å²) in [6, 6.07) is 3.62. The number of hydrogen-bond acceptors (Lipinski definition) is 6. The highest BCUT2D eigenvalue weighted by Crippen LogP contribution is 2.32. The molecule has 7 nitrogen and oxygen atoms in total. The third-order valence-corrected chi connectivity index (χ3v) is 3.60. The normalized spacial score (nSPS) is 10.3. The number of benzene rings is 1. The zero-order valence-electron chi connectivity index (χ0n) is 11.5. The van der Waals surface area contributed by atoms with E-state index in [0.29, 0.717) is 0 Å². The summed E-state index contributed by atoms with van der Waals surface area (Å²) >= 11 is 1.10. The van der Waals surface area contributed by atoms with E-state index in [4.69, 9.17) is 5.26 Å². The lowest BCUT2D eigenvalue weighted by Gasteiger charge is -2.09. The number of nitrogens with zero attached hydrogens (tertiary/aromatic N) is 3. The summed E-state index contributed by atoms with van der Waals surface area (Å²) in [5, 5.41) is 20.3. The molecule has 1 N–H and O–H groups in total. The van der Waals surface area contributed by atoms with E-state index in [2.05, 4.69) is 9.97 Å². The number of H-pyrrole nitrogens is 1. The first kappa shape index (κ1) is 15.7. The first-order valence-electron chi connectivity index (χ1n) is 5.93. The van der Waals surface area contributed by atoms with Crippen molar-refractivity contribution in [3.05, 3.63) is 49.5 Å². The van der Waals surface area contributed by atoms with Crippen molar-refractivity contribution in [2.24, 2.45) is 0 Å². The minimum absolute atomic E-state index is 0.00616. The van der Waals surface area contributed by atoms with Crippen molar-refractivity contribution in [2.45, 2.75) is 12.1 Å². The Morgan fingerprint density at radius 1 is 1.50 bits per heavy atom. The van der Waals surface area contributed by atoms with Gasteiger partial charge in [-0.05, 0) is 19.2 Å². The summed E-state index contributed by atoms with van der Waals surface area (Å²) in [5.74, 6) is -0.787. The summed E-state index contributed by atoms with van der Waals surface area (Å²) in [4.78, 5) is 28.6. The van der Waals surface area contributed by atoms with E-state index in [9.17, 15) is 19.3 Å². The van der Waals surface area contributed by atoms with Gasteiger partial charge >= 0.3 is 0 Å². The average molecular weight is 320 g/mol. The van der Waals surface area contributed by atoms with Gasteiger partial charge < -0.3 is 4.98 Å². The molecular formula is C13H9FN4O3S. The standard InChI is InChI=1S/C13H9FN4O3S/c1-6-9(18(20)21)4-3-8(14)10(6)11-7(5-15)12(19)17-13(16-11)22-2/h3-4H,1-2H3,(H,16,17,19). The molecule has 0 unspecified atom stereocenters. The number of aromatic amines is 1. The molecule has 0 atom stereocenters. The summed E-state index contributed by atoms with van der Waals surface area (Å²) in [5.41, 5.74) is -1.83. The molecule has 0 aliphatic heterocycles. The largest absolute Gasteiger partial charge is 0.300 e. The Kier molecular flexibility index (Phi) is 4.23. The SMILES string of the molecule is CSc1nc(-c2c(F)ccc([N+](=O)[O-])c2C)c(C#N)c(=O)[nH]1. The summed E-state index contributed by atoms with van der Waals surface area (Å²) < 4.78 is 14.2. The van der Waals surface area contributed by atoms with E-state index in [1.54, 1.807) is 12.3 Å². The van der Waals surface area contributed by atoms with Crippen molar-refractivity contribution in [1.29, 1.82) is 5.26 Å². The molecule has 2 aromatic rings. The molecule has 0 aliphatic carbocycles. The van der Waals surface area contributed by atoms with Gasteiger partial charge in [0.05, 0.1) is 4.92 Å². The van der Waals surface area contributed by atoms with E-state index in [-0.39, 0.29) is 33.2 Å². The van der Waals surface area contributed by atoms with Crippen LogP contribution in [-0.2, 0) is 0 Å². The Balaban J connectivity index is 2.91. The van der Waals surface area contributed by atoms with Crippen LogP contribution in [0.5, 0.6) is 0 Å². The zero-order valence-corrected chi connectivity index (χ0v) is 12.3. The van der Waals surface area contributed by atoms with Gasteiger partial charge in [-0.1, -0.05) is 11.8 Å². The smallest absolute Gasteiger partial charge is 0.273 e. The molecule has 1 heterocycles. The molecule has 1 aromatic heterocycles. The second kappa shape index (κ2) is 5.95. The maximum Gasteiger partial charge on any atom is 0.273 e. The van der Waals surface area contributed by atoms with Crippen molar-refractivity contribution in [3.8, 4) is 17.3 Å². The fraction of sp³-hybridized carbons (Fsp3) is 0.154. The lowest BCUT2D eigenvalue weighted by atomic mass is 10.00. The van der Waals surface area contributed by atoms with E-state index in [1.807, 2.05) is 0 Å². The Labute approximate surface area is 128 Å². The molecule has 0 aliphatic rings. The number of nitro benzene ring substituents is 1. The zero-order chi connectivity index (χ0) is 16.4. The van der Waals surface area contributed by atoms with Gasteiger partial charge in [-0.3, -0.25) is 14.9 Å². The van der Waals surface area contributed by atoms with Crippen molar-refractivity contribution in [1.82, 2.24) is 9.97 Å². The molecule has 1 aromatic carbocycles. The monoisotopic (exact) mass is 320 g/mol.